The van der Waals surface area contributed by atoms with Crippen molar-refractivity contribution >= 4 is 34.2 Å². The lowest BCUT2D eigenvalue weighted by molar-refractivity contribution is -0.206. The maximum Gasteiger partial charge on any atom is 0.441 e. The van der Waals surface area contributed by atoms with E-state index in [0.717, 1.165) is 31.1 Å². The van der Waals surface area contributed by atoms with Crippen LogP contribution in [0, 0.1) is 6.92 Å². The molecule has 1 amide bonds. The highest BCUT2D eigenvalue weighted by molar-refractivity contribution is 7.16. The Bertz CT molecular complexity index is 1010. The fourth-order valence-corrected chi connectivity index (χ4v) is 4.49. The molecule has 0 bridgehead atoms. The Morgan fingerprint density at radius 3 is 2.21 bits per heavy atom. The van der Waals surface area contributed by atoms with E-state index < -0.39 is 29.7 Å². The van der Waals surface area contributed by atoms with E-state index in [4.69, 9.17) is 4.74 Å². The molecule has 0 fully saturated rings. The van der Waals surface area contributed by atoms with Gasteiger partial charge in [0.2, 0.25) is 5.91 Å². The Kier molecular flexibility index (Phi) is 8.48. The fourth-order valence-electron chi connectivity index (χ4n) is 3.30. The molecule has 1 aromatic heterocycles. The monoisotopic (exact) mass is 486 g/mol. The van der Waals surface area contributed by atoms with Gasteiger partial charge in [0.05, 0.1) is 19.8 Å². The van der Waals surface area contributed by atoms with E-state index in [2.05, 4.69) is 10.1 Å². The first-order valence-electron chi connectivity index (χ1n) is 9.99. The van der Waals surface area contributed by atoms with E-state index in [1.165, 1.54) is 0 Å². The summed E-state index contributed by atoms with van der Waals surface area (Å²) >= 11 is 0.846. The van der Waals surface area contributed by atoms with E-state index in [1.54, 1.807) is 49.5 Å². The molecule has 0 aliphatic rings. The molecule has 1 aromatic carbocycles. The number of hydrogen-bond acceptors (Lipinski definition) is 7. The molecule has 1 unspecified atom stereocenters. The molecule has 11 heteroatoms. The molecule has 2 rings (SSSR count). The molecule has 0 aliphatic heterocycles. The average Bonchev–Trinajstić information content (AvgIpc) is 3.10. The summed E-state index contributed by atoms with van der Waals surface area (Å²) < 4.78 is 52.2. The lowest BCUT2D eigenvalue weighted by Gasteiger charge is -2.34. The number of carbonyl (C=O) groups excluding carboxylic acids is 3. The normalized spacial score (nSPS) is 13.1. The second-order valence-electron chi connectivity index (χ2n) is 7.08. The number of hydrogen-bond donors (Lipinski definition) is 2. The number of benzene rings is 1. The molecule has 0 radical (unpaired) electrons. The van der Waals surface area contributed by atoms with Crippen molar-refractivity contribution < 1.29 is 37.0 Å². The third kappa shape index (κ3) is 5.65. The van der Waals surface area contributed by atoms with Crippen LogP contribution in [0.4, 0.5) is 18.2 Å². The fraction of sp³-hybridized carbons (Fsp3) is 0.409. The van der Waals surface area contributed by atoms with Gasteiger partial charge in [0.15, 0.2) is 0 Å². The van der Waals surface area contributed by atoms with Crippen molar-refractivity contribution in [1.29, 1.82) is 0 Å². The molecule has 180 valence electrons. The quantitative estimate of drug-likeness (QED) is 0.411. The Balaban J connectivity index is 2.48. The van der Waals surface area contributed by atoms with E-state index in [-0.39, 0.29) is 23.4 Å². The van der Waals surface area contributed by atoms with Crippen LogP contribution >= 0.6 is 11.3 Å². The van der Waals surface area contributed by atoms with Gasteiger partial charge in [0.25, 0.3) is 0 Å². The van der Waals surface area contributed by atoms with Gasteiger partial charge in [-0.15, -0.1) is 11.3 Å². The number of ether oxygens (including phenoxy) is 2. The molecule has 0 saturated carbocycles. The van der Waals surface area contributed by atoms with Gasteiger partial charge in [-0.05, 0) is 30.9 Å². The molecular formula is C22H25F3N2O5S. The predicted molar refractivity (Wildman–Crippen MR) is 117 cm³/mol. The van der Waals surface area contributed by atoms with Gasteiger partial charge < -0.3 is 20.1 Å². The summed E-state index contributed by atoms with van der Waals surface area (Å²) in [6, 6.07) is 8.70. The highest BCUT2D eigenvalue weighted by atomic mass is 32.1. The highest BCUT2D eigenvalue weighted by Gasteiger charge is 2.64. The molecule has 7 nitrogen and oxygen atoms in total. The zero-order valence-electron chi connectivity index (χ0n) is 18.6. The van der Waals surface area contributed by atoms with E-state index >= 15 is 0 Å². The van der Waals surface area contributed by atoms with Crippen molar-refractivity contribution in [1.82, 2.24) is 5.32 Å². The van der Waals surface area contributed by atoms with Gasteiger partial charge >= 0.3 is 23.8 Å². The number of halogens is 3. The molecule has 1 atom stereocenters. The van der Waals surface area contributed by atoms with Crippen LogP contribution < -0.4 is 10.6 Å². The standard InChI is InChI=1S/C22H25F3N2O5S/c1-5-15-13(2)33-18(17(15)19(29)31-3)27-21(20(30)32-4,22(23,24)25)26-16(28)12-11-14-9-7-6-8-10-14/h6-10,27H,5,11-12H2,1-4H3,(H,26,28). The van der Waals surface area contributed by atoms with Crippen molar-refractivity contribution in [2.75, 3.05) is 19.5 Å². The summed E-state index contributed by atoms with van der Waals surface area (Å²) in [5.41, 5.74) is -2.52. The molecule has 2 aromatic rings. The van der Waals surface area contributed by atoms with Crippen LogP contribution in [0.2, 0.25) is 0 Å². The summed E-state index contributed by atoms with van der Waals surface area (Å²) in [4.78, 5) is 37.9. The molecule has 0 saturated heterocycles. The summed E-state index contributed by atoms with van der Waals surface area (Å²) in [6.07, 6.45) is -5.11. The predicted octanol–water partition coefficient (Wildman–Crippen LogP) is 4.00. The van der Waals surface area contributed by atoms with Crippen molar-refractivity contribution in [3.05, 3.63) is 51.9 Å². The number of thiophene rings is 1. The number of esters is 2. The molecule has 0 spiro atoms. The first-order chi connectivity index (χ1) is 15.5. The molecular weight excluding hydrogens is 461 g/mol. The number of aryl methyl sites for hydroxylation is 2. The Morgan fingerprint density at radius 1 is 1.06 bits per heavy atom. The summed E-state index contributed by atoms with van der Waals surface area (Å²) in [6.45, 7) is 3.36. The number of carbonyl (C=O) groups is 3. The molecule has 1 heterocycles. The Morgan fingerprint density at radius 2 is 1.70 bits per heavy atom. The number of anilines is 1. The Hall–Kier alpha value is -3.08. The third-order valence-corrected chi connectivity index (χ3v) is 6.04. The van der Waals surface area contributed by atoms with E-state index in [9.17, 15) is 27.6 Å². The zero-order valence-corrected chi connectivity index (χ0v) is 19.4. The van der Waals surface area contributed by atoms with Crippen LogP contribution in [0.15, 0.2) is 30.3 Å². The lowest BCUT2D eigenvalue weighted by atomic mass is 10.1. The van der Waals surface area contributed by atoms with Crippen LogP contribution in [0.3, 0.4) is 0 Å². The second kappa shape index (κ2) is 10.7. The van der Waals surface area contributed by atoms with Crippen molar-refractivity contribution in [2.45, 2.75) is 44.9 Å². The van der Waals surface area contributed by atoms with Crippen molar-refractivity contribution in [3.8, 4) is 0 Å². The lowest BCUT2D eigenvalue weighted by Crippen LogP contribution is -2.69. The zero-order chi connectivity index (χ0) is 24.8. The topological polar surface area (TPSA) is 93.7 Å². The number of methoxy groups -OCH3 is 2. The van der Waals surface area contributed by atoms with Crippen LogP contribution in [0.1, 0.15) is 39.7 Å². The molecule has 0 aliphatic carbocycles. The van der Waals surface area contributed by atoms with Crippen LogP contribution in [0.25, 0.3) is 0 Å². The summed E-state index contributed by atoms with van der Waals surface area (Å²) in [5, 5.41) is 3.59. The van der Waals surface area contributed by atoms with Crippen LogP contribution in [-0.4, -0.2) is 43.9 Å². The van der Waals surface area contributed by atoms with Gasteiger partial charge in [-0.25, -0.2) is 9.59 Å². The van der Waals surface area contributed by atoms with Gasteiger partial charge in [-0.2, -0.15) is 13.2 Å². The number of amides is 1. The number of nitrogens with one attached hydrogen (secondary N) is 2. The van der Waals surface area contributed by atoms with Crippen molar-refractivity contribution in [2.24, 2.45) is 0 Å². The largest absolute Gasteiger partial charge is 0.466 e. The highest BCUT2D eigenvalue weighted by Crippen LogP contribution is 2.40. The second-order valence-corrected chi connectivity index (χ2v) is 8.31. The van der Waals surface area contributed by atoms with E-state index in [0.29, 0.717) is 16.9 Å². The van der Waals surface area contributed by atoms with Gasteiger partial charge in [0, 0.05) is 11.3 Å². The minimum absolute atomic E-state index is 0.126. The summed E-state index contributed by atoms with van der Waals surface area (Å²) in [5.74, 6) is -3.67. The molecule has 33 heavy (non-hydrogen) atoms. The van der Waals surface area contributed by atoms with Crippen molar-refractivity contribution in [3.63, 3.8) is 0 Å². The van der Waals surface area contributed by atoms with E-state index in [1.807, 2.05) is 0 Å². The Labute approximate surface area is 193 Å². The minimum atomic E-state index is -5.31. The van der Waals surface area contributed by atoms with Crippen LogP contribution in [0.5, 0.6) is 0 Å². The maximum atomic E-state index is 14.3. The van der Waals surface area contributed by atoms with Crippen LogP contribution in [-0.2, 0) is 31.9 Å². The third-order valence-electron chi connectivity index (χ3n) is 4.98. The average molecular weight is 487 g/mol. The summed E-state index contributed by atoms with van der Waals surface area (Å²) in [7, 11) is 1.88. The number of rotatable bonds is 9. The van der Waals surface area contributed by atoms with Gasteiger partial charge in [0.1, 0.15) is 5.00 Å². The van der Waals surface area contributed by atoms with Gasteiger partial charge in [-0.1, -0.05) is 37.3 Å². The van der Waals surface area contributed by atoms with Gasteiger partial charge in [-0.3, -0.25) is 4.79 Å². The first-order valence-corrected chi connectivity index (χ1v) is 10.8. The SMILES string of the molecule is CCc1c(C)sc(NC(NC(=O)CCc2ccccc2)(C(=O)OC)C(F)(F)F)c1C(=O)OC. The first kappa shape index (κ1) is 26.2. The smallest absolute Gasteiger partial charge is 0.441 e. The maximum absolute atomic E-state index is 14.3. The number of alkyl halides is 3. The molecule has 2 N–H and O–H groups in total. The minimum Gasteiger partial charge on any atom is -0.466 e.